The lowest BCUT2D eigenvalue weighted by Crippen LogP contribution is -2.13. The maximum Gasteiger partial charge on any atom is 0.119 e. The fourth-order valence-corrected chi connectivity index (χ4v) is 2.63. The molecule has 0 unspecified atom stereocenters. The first-order valence-corrected chi connectivity index (χ1v) is 8.36. The van der Waals surface area contributed by atoms with Crippen molar-refractivity contribution in [2.45, 2.75) is 13.1 Å². The number of ether oxygens (including phenoxy) is 2. The van der Waals surface area contributed by atoms with Crippen LogP contribution in [0.5, 0.6) is 5.75 Å². The van der Waals surface area contributed by atoms with Crippen LogP contribution >= 0.6 is 0 Å². The molecule has 0 saturated heterocycles. The first kappa shape index (κ1) is 17.2. The lowest BCUT2D eigenvalue weighted by Gasteiger charge is -2.09. The van der Waals surface area contributed by atoms with Gasteiger partial charge in [0.15, 0.2) is 0 Å². The molecule has 3 rings (SSSR count). The zero-order chi connectivity index (χ0) is 17.3. The lowest BCUT2D eigenvalue weighted by molar-refractivity contribution is 0.146. The van der Waals surface area contributed by atoms with Crippen LogP contribution in [0.25, 0.3) is 11.3 Å². The van der Waals surface area contributed by atoms with E-state index in [1.807, 2.05) is 36.5 Å². The second kappa shape index (κ2) is 9.01. The van der Waals surface area contributed by atoms with Gasteiger partial charge < -0.3 is 14.8 Å². The number of benzene rings is 2. The molecule has 25 heavy (non-hydrogen) atoms. The lowest BCUT2D eigenvalue weighted by atomic mass is 10.1. The van der Waals surface area contributed by atoms with E-state index in [0.29, 0.717) is 13.2 Å². The Kier molecular flexibility index (Phi) is 6.20. The summed E-state index contributed by atoms with van der Waals surface area (Å²) in [6.45, 7) is 2.66. The highest BCUT2D eigenvalue weighted by atomic mass is 16.5. The number of H-pyrrole nitrogens is 1. The number of aromatic amines is 1. The molecule has 1 heterocycles. The molecule has 5 nitrogen and oxygen atoms in total. The van der Waals surface area contributed by atoms with E-state index >= 15 is 0 Å². The molecule has 2 N–H and O–H groups in total. The monoisotopic (exact) mass is 337 g/mol. The fourth-order valence-electron chi connectivity index (χ4n) is 2.63. The maximum atomic E-state index is 5.65. The Morgan fingerprint density at radius 3 is 2.72 bits per heavy atom. The summed E-state index contributed by atoms with van der Waals surface area (Å²) in [6.07, 6.45) is 1.87. The molecule has 0 aliphatic carbocycles. The van der Waals surface area contributed by atoms with Crippen LogP contribution in [0.3, 0.4) is 0 Å². The molecule has 5 heteroatoms. The van der Waals surface area contributed by atoms with Gasteiger partial charge in [-0.15, -0.1) is 0 Å². The van der Waals surface area contributed by atoms with Crippen molar-refractivity contribution in [2.75, 3.05) is 20.3 Å². The molecule has 0 radical (unpaired) electrons. The third-order valence-electron chi connectivity index (χ3n) is 3.88. The van der Waals surface area contributed by atoms with Gasteiger partial charge in [0, 0.05) is 25.8 Å². The fraction of sp³-hybridized carbons (Fsp3) is 0.250. The zero-order valence-electron chi connectivity index (χ0n) is 14.4. The predicted octanol–water partition coefficient (Wildman–Crippen LogP) is 3.39. The van der Waals surface area contributed by atoms with E-state index in [9.17, 15) is 0 Å². The van der Waals surface area contributed by atoms with Crippen molar-refractivity contribution in [1.29, 1.82) is 0 Å². The topological polar surface area (TPSA) is 59.2 Å². The van der Waals surface area contributed by atoms with Crippen molar-refractivity contribution in [2.24, 2.45) is 0 Å². The number of methoxy groups -OCH3 is 1. The zero-order valence-corrected chi connectivity index (χ0v) is 14.4. The summed E-state index contributed by atoms with van der Waals surface area (Å²) in [7, 11) is 1.67. The first-order valence-electron chi connectivity index (χ1n) is 8.36. The minimum atomic E-state index is 0.558. The highest BCUT2D eigenvalue weighted by Gasteiger charge is 2.07. The first-order chi connectivity index (χ1) is 12.4. The van der Waals surface area contributed by atoms with E-state index in [1.54, 1.807) is 7.11 Å². The smallest absolute Gasteiger partial charge is 0.119 e. The Labute approximate surface area is 148 Å². The highest BCUT2D eigenvalue weighted by Crippen LogP contribution is 2.20. The van der Waals surface area contributed by atoms with Gasteiger partial charge in [-0.3, -0.25) is 5.10 Å². The van der Waals surface area contributed by atoms with Crippen LogP contribution in [-0.4, -0.2) is 30.5 Å². The van der Waals surface area contributed by atoms with E-state index in [2.05, 4.69) is 39.8 Å². The summed E-state index contributed by atoms with van der Waals surface area (Å²) in [5.41, 5.74) is 4.54. The summed E-state index contributed by atoms with van der Waals surface area (Å²) in [5.74, 6) is 0.865. The summed E-state index contributed by atoms with van der Waals surface area (Å²) in [4.78, 5) is 0. The molecule has 0 spiro atoms. The Morgan fingerprint density at radius 1 is 1.00 bits per heavy atom. The molecule has 130 valence electrons. The summed E-state index contributed by atoms with van der Waals surface area (Å²) >= 11 is 0. The molecule has 0 fully saturated rings. The van der Waals surface area contributed by atoms with Gasteiger partial charge in [0.1, 0.15) is 12.4 Å². The summed E-state index contributed by atoms with van der Waals surface area (Å²) in [5, 5.41) is 10.7. The molecule has 1 aromatic heterocycles. The average molecular weight is 337 g/mol. The number of rotatable bonds is 9. The van der Waals surface area contributed by atoms with Gasteiger partial charge in [-0.1, -0.05) is 42.5 Å². The molecule has 0 aliphatic heterocycles. The van der Waals surface area contributed by atoms with Gasteiger partial charge in [-0.25, -0.2) is 0 Å². The Hall–Kier alpha value is -2.63. The third kappa shape index (κ3) is 4.92. The number of hydrogen-bond donors (Lipinski definition) is 2. The van der Waals surface area contributed by atoms with Gasteiger partial charge in [0.25, 0.3) is 0 Å². The quantitative estimate of drug-likeness (QED) is 0.588. The van der Waals surface area contributed by atoms with Crippen molar-refractivity contribution < 1.29 is 9.47 Å². The van der Waals surface area contributed by atoms with Crippen LogP contribution in [0.1, 0.15) is 11.1 Å². The molecule has 2 aromatic carbocycles. The van der Waals surface area contributed by atoms with E-state index in [1.165, 1.54) is 5.56 Å². The van der Waals surface area contributed by atoms with Crippen LogP contribution < -0.4 is 10.1 Å². The van der Waals surface area contributed by atoms with Crippen molar-refractivity contribution in [3.05, 3.63) is 71.9 Å². The molecule has 0 aliphatic rings. The molecule has 0 atom stereocenters. The van der Waals surface area contributed by atoms with Crippen LogP contribution in [0.4, 0.5) is 0 Å². The Balaban J connectivity index is 1.55. The summed E-state index contributed by atoms with van der Waals surface area (Å²) < 4.78 is 10.6. The third-order valence-corrected chi connectivity index (χ3v) is 3.88. The predicted molar refractivity (Wildman–Crippen MR) is 98.4 cm³/mol. The number of aromatic nitrogens is 2. The normalized spacial score (nSPS) is 10.8. The molecule has 0 saturated carbocycles. The van der Waals surface area contributed by atoms with Crippen molar-refractivity contribution in [1.82, 2.24) is 15.5 Å². The van der Waals surface area contributed by atoms with E-state index < -0.39 is 0 Å². The van der Waals surface area contributed by atoms with Crippen LogP contribution in [0.2, 0.25) is 0 Å². The minimum Gasteiger partial charge on any atom is -0.491 e. The van der Waals surface area contributed by atoms with Crippen LogP contribution in [0.15, 0.2) is 60.8 Å². The summed E-state index contributed by atoms with van der Waals surface area (Å²) in [6, 6.07) is 18.3. The molecule has 3 aromatic rings. The number of hydrogen-bond acceptors (Lipinski definition) is 4. The van der Waals surface area contributed by atoms with E-state index in [4.69, 9.17) is 9.47 Å². The number of nitrogens with one attached hydrogen (secondary N) is 2. The van der Waals surface area contributed by atoms with Crippen molar-refractivity contribution in [3.63, 3.8) is 0 Å². The average Bonchev–Trinajstić information content (AvgIpc) is 3.12. The van der Waals surface area contributed by atoms with Crippen LogP contribution in [-0.2, 0) is 17.8 Å². The molecular formula is C20H23N3O2. The maximum absolute atomic E-state index is 5.65. The van der Waals surface area contributed by atoms with Crippen molar-refractivity contribution in [3.8, 4) is 17.0 Å². The minimum absolute atomic E-state index is 0.558. The van der Waals surface area contributed by atoms with Crippen molar-refractivity contribution >= 4 is 0 Å². The van der Waals surface area contributed by atoms with E-state index in [0.717, 1.165) is 35.7 Å². The van der Waals surface area contributed by atoms with Gasteiger partial charge in [-0.2, -0.15) is 5.10 Å². The van der Waals surface area contributed by atoms with Gasteiger partial charge in [0.2, 0.25) is 0 Å². The second-order valence-electron chi connectivity index (χ2n) is 5.73. The molecule has 0 amide bonds. The Morgan fingerprint density at radius 2 is 1.88 bits per heavy atom. The van der Waals surface area contributed by atoms with Gasteiger partial charge in [0.05, 0.1) is 18.5 Å². The molecular weight excluding hydrogens is 314 g/mol. The van der Waals surface area contributed by atoms with E-state index in [-0.39, 0.29) is 0 Å². The van der Waals surface area contributed by atoms with Gasteiger partial charge in [-0.05, 0) is 23.3 Å². The van der Waals surface area contributed by atoms with Crippen LogP contribution in [0, 0.1) is 0 Å². The highest BCUT2D eigenvalue weighted by molar-refractivity contribution is 5.62. The van der Waals surface area contributed by atoms with Gasteiger partial charge >= 0.3 is 0 Å². The molecule has 0 bridgehead atoms. The largest absolute Gasteiger partial charge is 0.491 e. The Bertz CT molecular complexity index is 771. The number of nitrogens with zero attached hydrogens (tertiary/aromatic N) is 1. The second-order valence-corrected chi connectivity index (χ2v) is 5.73. The standard InChI is InChI=1S/C20H23N3O2/c1-24-10-11-25-19-9-5-6-16(12-19)13-21-14-18-15-22-23-20(18)17-7-3-2-4-8-17/h2-9,12,15,21H,10-11,13-14H2,1H3,(H,22,23). The SMILES string of the molecule is COCCOc1cccc(CNCc2cn[nH]c2-c2ccccc2)c1.